The number of benzene rings is 1. The van der Waals surface area contributed by atoms with E-state index in [1.165, 1.54) is 12.8 Å². The highest BCUT2D eigenvalue weighted by Gasteiger charge is 2.23. The van der Waals surface area contributed by atoms with Crippen LogP contribution in [-0.4, -0.2) is 11.9 Å². The van der Waals surface area contributed by atoms with E-state index < -0.39 is 0 Å². The minimum Gasteiger partial charge on any atom is -0.353 e. The van der Waals surface area contributed by atoms with E-state index in [0.717, 1.165) is 24.8 Å². The van der Waals surface area contributed by atoms with E-state index in [1.807, 2.05) is 30.3 Å². The van der Waals surface area contributed by atoms with Gasteiger partial charge in [-0.15, -0.1) is 0 Å². The predicted octanol–water partition coefficient (Wildman–Crippen LogP) is 3.24. The summed E-state index contributed by atoms with van der Waals surface area (Å²) in [6.07, 6.45) is 5.68. The number of rotatable bonds is 4. The fourth-order valence-electron chi connectivity index (χ4n) is 2.63. The number of hydrogen-bond acceptors (Lipinski definition) is 1. The molecule has 1 atom stereocenters. The molecular formula is C15H21NO. The molecular weight excluding hydrogens is 210 g/mol. The van der Waals surface area contributed by atoms with Crippen molar-refractivity contribution in [3.05, 3.63) is 35.9 Å². The van der Waals surface area contributed by atoms with E-state index in [4.69, 9.17) is 0 Å². The maximum Gasteiger partial charge on any atom is 0.227 e. The first-order chi connectivity index (χ1) is 8.31. The third-order valence-corrected chi connectivity index (χ3v) is 3.63. The van der Waals surface area contributed by atoms with Crippen LogP contribution in [0.2, 0.25) is 0 Å². The summed E-state index contributed by atoms with van der Waals surface area (Å²) in [5.41, 5.74) is 1.13. The summed E-state index contributed by atoms with van der Waals surface area (Å²) in [7, 11) is 0. The molecule has 0 heterocycles. The Morgan fingerprint density at radius 3 is 2.53 bits per heavy atom. The van der Waals surface area contributed by atoms with Gasteiger partial charge in [0.2, 0.25) is 5.91 Å². The van der Waals surface area contributed by atoms with E-state index in [0.29, 0.717) is 6.04 Å². The molecule has 0 aromatic heterocycles. The van der Waals surface area contributed by atoms with Crippen LogP contribution in [0.1, 0.15) is 50.5 Å². The average Bonchev–Trinajstić information content (AvgIpc) is 2.84. The minimum atomic E-state index is 0.0109. The smallest absolute Gasteiger partial charge is 0.227 e. The monoisotopic (exact) mass is 231 g/mol. The number of carbonyl (C=O) groups is 1. The van der Waals surface area contributed by atoms with Crippen molar-refractivity contribution in [2.75, 3.05) is 0 Å². The fourth-order valence-corrected chi connectivity index (χ4v) is 2.63. The Labute approximate surface area is 103 Å². The van der Waals surface area contributed by atoms with Crippen molar-refractivity contribution in [1.29, 1.82) is 0 Å². The molecule has 1 aliphatic carbocycles. The van der Waals surface area contributed by atoms with E-state index in [2.05, 4.69) is 12.2 Å². The Morgan fingerprint density at radius 1 is 1.29 bits per heavy atom. The van der Waals surface area contributed by atoms with Crippen molar-refractivity contribution in [2.24, 2.45) is 0 Å². The summed E-state index contributed by atoms with van der Waals surface area (Å²) in [6, 6.07) is 10.5. The first-order valence-corrected chi connectivity index (χ1v) is 6.66. The predicted molar refractivity (Wildman–Crippen MR) is 69.9 cm³/mol. The van der Waals surface area contributed by atoms with Gasteiger partial charge in [0.25, 0.3) is 0 Å². The molecule has 1 aliphatic rings. The van der Waals surface area contributed by atoms with Crippen LogP contribution in [0, 0.1) is 0 Å². The zero-order valence-corrected chi connectivity index (χ0v) is 10.5. The van der Waals surface area contributed by atoms with E-state index in [1.54, 1.807) is 0 Å². The molecule has 0 unspecified atom stereocenters. The Hall–Kier alpha value is -1.31. The normalized spacial score (nSPS) is 17.9. The molecule has 1 N–H and O–H groups in total. The lowest BCUT2D eigenvalue weighted by Gasteiger charge is -2.18. The van der Waals surface area contributed by atoms with Crippen molar-refractivity contribution in [3.63, 3.8) is 0 Å². The standard InChI is InChI=1S/C15H21NO/c1-2-14(12-8-4-3-5-9-12)15(17)16-13-10-6-7-11-13/h3-5,8-9,13-14H,2,6-7,10-11H2,1H3,(H,16,17)/t14-/m1/s1. The van der Waals surface area contributed by atoms with Gasteiger partial charge in [-0.25, -0.2) is 0 Å². The Balaban J connectivity index is 2.00. The fraction of sp³-hybridized carbons (Fsp3) is 0.533. The summed E-state index contributed by atoms with van der Waals surface area (Å²) in [5, 5.41) is 3.19. The lowest BCUT2D eigenvalue weighted by Crippen LogP contribution is -2.36. The number of carbonyl (C=O) groups excluding carboxylic acids is 1. The van der Waals surface area contributed by atoms with Gasteiger partial charge in [-0.05, 0) is 24.8 Å². The van der Waals surface area contributed by atoms with Crippen molar-refractivity contribution in [3.8, 4) is 0 Å². The second-order valence-corrected chi connectivity index (χ2v) is 4.86. The third kappa shape index (κ3) is 3.09. The van der Waals surface area contributed by atoms with Gasteiger partial charge in [0.05, 0.1) is 5.92 Å². The SMILES string of the molecule is CC[C@@H](C(=O)NC1CCCC1)c1ccccc1. The lowest BCUT2D eigenvalue weighted by molar-refractivity contribution is -0.123. The van der Waals surface area contributed by atoms with Crippen LogP contribution in [0.5, 0.6) is 0 Å². The van der Waals surface area contributed by atoms with Crippen LogP contribution in [0.15, 0.2) is 30.3 Å². The van der Waals surface area contributed by atoms with Gasteiger partial charge in [-0.2, -0.15) is 0 Å². The van der Waals surface area contributed by atoms with Crippen molar-refractivity contribution in [1.82, 2.24) is 5.32 Å². The number of hydrogen-bond donors (Lipinski definition) is 1. The lowest BCUT2D eigenvalue weighted by atomic mass is 9.95. The molecule has 1 aromatic carbocycles. The highest BCUT2D eigenvalue weighted by molar-refractivity contribution is 5.83. The van der Waals surface area contributed by atoms with Gasteiger partial charge in [0.15, 0.2) is 0 Å². The highest BCUT2D eigenvalue weighted by atomic mass is 16.1. The first-order valence-electron chi connectivity index (χ1n) is 6.66. The van der Waals surface area contributed by atoms with Gasteiger partial charge in [0.1, 0.15) is 0 Å². The molecule has 0 radical (unpaired) electrons. The van der Waals surface area contributed by atoms with Crippen LogP contribution in [-0.2, 0) is 4.79 Å². The summed E-state index contributed by atoms with van der Waals surface area (Å²) in [4.78, 5) is 12.2. The second kappa shape index (κ2) is 5.85. The molecule has 2 nitrogen and oxygen atoms in total. The van der Waals surface area contributed by atoms with E-state index >= 15 is 0 Å². The Kier molecular flexibility index (Phi) is 4.18. The molecule has 0 spiro atoms. The second-order valence-electron chi connectivity index (χ2n) is 4.86. The van der Waals surface area contributed by atoms with Gasteiger partial charge >= 0.3 is 0 Å². The summed E-state index contributed by atoms with van der Waals surface area (Å²) >= 11 is 0. The maximum absolute atomic E-state index is 12.2. The molecule has 0 aliphatic heterocycles. The van der Waals surface area contributed by atoms with Crippen molar-refractivity contribution in [2.45, 2.75) is 51.0 Å². The molecule has 2 heteroatoms. The Morgan fingerprint density at radius 2 is 1.94 bits per heavy atom. The molecule has 1 amide bonds. The largest absolute Gasteiger partial charge is 0.353 e. The van der Waals surface area contributed by atoms with Crippen molar-refractivity contribution < 1.29 is 4.79 Å². The molecule has 2 rings (SSSR count). The zero-order valence-electron chi connectivity index (χ0n) is 10.5. The van der Waals surface area contributed by atoms with Gasteiger partial charge in [-0.3, -0.25) is 4.79 Å². The first kappa shape index (κ1) is 12.2. The molecule has 17 heavy (non-hydrogen) atoms. The highest BCUT2D eigenvalue weighted by Crippen LogP contribution is 2.22. The van der Waals surface area contributed by atoms with Crippen molar-refractivity contribution >= 4 is 5.91 Å². The van der Waals surface area contributed by atoms with Crippen LogP contribution in [0.3, 0.4) is 0 Å². The third-order valence-electron chi connectivity index (χ3n) is 3.63. The van der Waals surface area contributed by atoms with Crippen LogP contribution < -0.4 is 5.32 Å². The quantitative estimate of drug-likeness (QED) is 0.846. The average molecular weight is 231 g/mol. The molecule has 1 saturated carbocycles. The summed E-state index contributed by atoms with van der Waals surface area (Å²) in [6.45, 7) is 2.08. The number of amides is 1. The van der Waals surface area contributed by atoms with E-state index in [-0.39, 0.29) is 11.8 Å². The zero-order chi connectivity index (χ0) is 12.1. The molecule has 0 bridgehead atoms. The molecule has 1 fully saturated rings. The molecule has 1 aromatic rings. The summed E-state index contributed by atoms with van der Waals surface area (Å²) in [5.74, 6) is 0.211. The van der Waals surface area contributed by atoms with Crippen LogP contribution in [0.4, 0.5) is 0 Å². The van der Waals surface area contributed by atoms with Crippen LogP contribution >= 0.6 is 0 Å². The minimum absolute atomic E-state index is 0.0109. The summed E-state index contributed by atoms with van der Waals surface area (Å²) < 4.78 is 0. The number of nitrogens with one attached hydrogen (secondary N) is 1. The Bertz CT molecular complexity index is 354. The van der Waals surface area contributed by atoms with Gasteiger partial charge in [0, 0.05) is 6.04 Å². The van der Waals surface area contributed by atoms with E-state index in [9.17, 15) is 4.79 Å². The van der Waals surface area contributed by atoms with Gasteiger partial charge < -0.3 is 5.32 Å². The maximum atomic E-state index is 12.2. The van der Waals surface area contributed by atoms with Gasteiger partial charge in [-0.1, -0.05) is 50.1 Å². The topological polar surface area (TPSA) is 29.1 Å². The molecule has 92 valence electrons. The van der Waals surface area contributed by atoms with Crippen LogP contribution in [0.25, 0.3) is 0 Å². The molecule has 0 saturated heterocycles.